The zero-order valence-corrected chi connectivity index (χ0v) is 20.0. The Hall–Kier alpha value is -2.15. The van der Waals surface area contributed by atoms with Gasteiger partial charge in [-0.1, -0.05) is 18.2 Å². The van der Waals surface area contributed by atoms with E-state index in [1.54, 1.807) is 0 Å². The smallest absolute Gasteiger partial charge is 0.357 e. The van der Waals surface area contributed by atoms with E-state index in [9.17, 15) is 13.2 Å². The van der Waals surface area contributed by atoms with Crippen LogP contribution in [-0.4, -0.2) is 40.4 Å². The molecule has 0 aliphatic carbocycles. The largest absolute Gasteiger partial charge is 0.434 e. The van der Waals surface area contributed by atoms with Gasteiger partial charge in [0.2, 0.25) is 0 Å². The van der Waals surface area contributed by atoms with Gasteiger partial charge in [-0.3, -0.25) is 4.99 Å². The van der Waals surface area contributed by atoms with Crippen LogP contribution in [0.1, 0.15) is 23.2 Å². The van der Waals surface area contributed by atoms with Crippen LogP contribution >= 0.6 is 35.3 Å². The Bertz CT molecular complexity index is 955. The summed E-state index contributed by atoms with van der Waals surface area (Å²) in [6.07, 6.45) is 0.546. The minimum atomic E-state index is -4.40. The number of benzene rings is 1. The third kappa shape index (κ3) is 7.80. The monoisotopic (exact) mass is 564 g/mol. The summed E-state index contributed by atoms with van der Waals surface area (Å²) in [5.74, 6) is 0.626. The second-order valence-electron chi connectivity index (χ2n) is 6.44. The molecular formula is C20H24F3IN6S. The Kier molecular flexibility index (Phi) is 9.75. The molecule has 0 saturated carbocycles. The highest BCUT2D eigenvalue weighted by atomic mass is 127. The summed E-state index contributed by atoms with van der Waals surface area (Å²) in [5, 5.41) is 12.2. The lowest BCUT2D eigenvalue weighted by Crippen LogP contribution is -2.38. The number of aromatic nitrogens is 3. The number of aliphatic imine (C=N–C) groups is 1. The quantitative estimate of drug-likeness (QED) is 0.243. The molecule has 2 heterocycles. The number of rotatable bonds is 8. The molecule has 0 amide bonds. The third-order valence-electron chi connectivity index (χ3n) is 4.14. The fourth-order valence-electron chi connectivity index (χ4n) is 2.70. The average Bonchev–Trinajstić information content (AvgIpc) is 3.38. The normalized spacial score (nSPS) is 11.8. The molecule has 6 nitrogen and oxygen atoms in total. The molecule has 0 aliphatic heterocycles. The Morgan fingerprint density at radius 2 is 1.94 bits per heavy atom. The molecule has 2 aromatic heterocycles. The maximum Gasteiger partial charge on any atom is 0.434 e. The number of halogens is 4. The van der Waals surface area contributed by atoms with Gasteiger partial charge in [0.15, 0.2) is 11.7 Å². The predicted molar refractivity (Wildman–Crippen MR) is 127 cm³/mol. The van der Waals surface area contributed by atoms with E-state index in [1.165, 1.54) is 0 Å². The van der Waals surface area contributed by atoms with E-state index in [1.807, 2.05) is 54.3 Å². The second kappa shape index (κ2) is 12.0. The Morgan fingerprint density at radius 1 is 1.16 bits per heavy atom. The predicted octanol–water partition coefficient (Wildman–Crippen LogP) is 4.31. The van der Waals surface area contributed by atoms with E-state index in [0.29, 0.717) is 37.0 Å². The van der Waals surface area contributed by atoms with Gasteiger partial charge in [-0.25, -0.2) is 9.67 Å². The molecule has 0 radical (unpaired) electrons. The number of nitrogens with zero attached hydrogens (tertiary/aromatic N) is 4. The first-order chi connectivity index (χ1) is 14.5. The van der Waals surface area contributed by atoms with Crippen molar-refractivity contribution in [1.82, 2.24) is 25.4 Å². The molecule has 0 aliphatic rings. The molecule has 2 N–H and O–H groups in total. The lowest BCUT2D eigenvalue weighted by molar-refractivity contribution is -0.140. The van der Waals surface area contributed by atoms with Crippen LogP contribution in [0.5, 0.6) is 0 Å². The molecule has 1 aromatic carbocycles. The highest BCUT2D eigenvalue weighted by molar-refractivity contribution is 14.0. The molecule has 31 heavy (non-hydrogen) atoms. The van der Waals surface area contributed by atoms with E-state index in [0.717, 1.165) is 34.4 Å². The Balaban J connectivity index is 0.00000341. The van der Waals surface area contributed by atoms with Crippen LogP contribution in [-0.2, 0) is 19.0 Å². The molecule has 0 spiro atoms. The van der Waals surface area contributed by atoms with E-state index < -0.39 is 11.9 Å². The van der Waals surface area contributed by atoms with Gasteiger partial charge in [-0.15, -0.1) is 35.3 Å². The van der Waals surface area contributed by atoms with Crippen LogP contribution in [0.25, 0.3) is 5.69 Å². The lowest BCUT2D eigenvalue weighted by atomic mass is 10.2. The number of para-hydroxylation sites is 1. The van der Waals surface area contributed by atoms with Crippen LogP contribution in [0.2, 0.25) is 0 Å². The van der Waals surface area contributed by atoms with Gasteiger partial charge in [-0.05, 0) is 31.0 Å². The number of thiazole rings is 1. The van der Waals surface area contributed by atoms with Crippen molar-refractivity contribution in [3.63, 3.8) is 0 Å². The van der Waals surface area contributed by atoms with Crippen molar-refractivity contribution < 1.29 is 13.2 Å². The van der Waals surface area contributed by atoms with Crippen molar-refractivity contribution >= 4 is 41.3 Å². The van der Waals surface area contributed by atoms with E-state index >= 15 is 0 Å². The first-order valence-corrected chi connectivity index (χ1v) is 10.5. The van der Waals surface area contributed by atoms with Crippen LogP contribution in [0.4, 0.5) is 13.2 Å². The number of hydrogen-bond donors (Lipinski definition) is 2. The molecule has 11 heteroatoms. The van der Waals surface area contributed by atoms with Crippen LogP contribution in [0, 0.1) is 0 Å². The van der Waals surface area contributed by atoms with Gasteiger partial charge in [0.1, 0.15) is 0 Å². The summed E-state index contributed by atoms with van der Waals surface area (Å²) >= 11 is 1.01. The number of nitrogens with one attached hydrogen (secondary N) is 2. The standard InChI is InChI=1S/C20H23F3N6S.HI/c1-2-24-19(26-11-9-18-28-17(14-30-18)20(21,22)23)25-10-8-15-12-27-29(13-15)16-6-4-3-5-7-16;/h3-7,12-14H,2,8-11H2,1H3,(H2,24,25,26);1H. The summed E-state index contributed by atoms with van der Waals surface area (Å²) in [7, 11) is 0. The highest BCUT2D eigenvalue weighted by Gasteiger charge is 2.33. The molecule has 3 aromatic rings. The lowest BCUT2D eigenvalue weighted by Gasteiger charge is -2.10. The first-order valence-electron chi connectivity index (χ1n) is 9.58. The van der Waals surface area contributed by atoms with Crippen LogP contribution in [0.3, 0.4) is 0 Å². The van der Waals surface area contributed by atoms with Gasteiger partial charge < -0.3 is 10.6 Å². The number of alkyl halides is 3. The SMILES string of the molecule is CCNC(=NCCc1nc(C(F)(F)F)cs1)NCCc1cnn(-c2ccccc2)c1.I. The summed E-state index contributed by atoms with van der Waals surface area (Å²) in [5.41, 5.74) is 1.25. The summed E-state index contributed by atoms with van der Waals surface area (Å²) in [4.78, 5) is 8.05. The highest BCUT2D eigenvalue weighted by Crippen LogP contribution is 2.30. The van der Waals surface area contributed by atoms with Crippen molar-refractivity contribution in [2.45, 2.75) is 25.9 Å². The van der Waals surface area contributed by atoms with Crippen molar-refractivity contribution in [2.24, 2.45) is 4.99 Å². The minimum Gasteiger partial charge on any atom is -0.357 e. The third-order valence-corrected chi connectivity index (χ3v) is 5.05. The van der Waals surface area contributed by atoms with Crippen molar-refractivity contribution in [3.05, 3.63) is 64.4 Å². The zero-order valence-electron chi connectivity index (χ0n) is 16.9. The Labute approximate surface area is 200 Å². The van der Waals surface area contributed by atoms with Gasteiger partial charge >= 0.3 is 6.18 Å². The van der Waals surface area contributed by atoms with Gasteiger partial charge in [-0.2, -0.15) is 18.3 Å². The minimum absolute atomic E-state index is 0. The van der Waals surface area contributed by atoms with Crippen molar-refractivity contribution in [3.8, 4) is 5.69 Å². The topological polar surface area (TPSA) is 67.1 Å². The second-order valence-corrected chi connectivity index (χ2v) is 7.38. The fourth-order valence-corrected chi connectivity index (χ4v) is 3.49. The number of guanidine groups is 1. The summed E-state index contributed by atoms with van der Waals surface area (Å²) in [6, 6.07) is 9.87. The fraction of sp³-hybridized carbons (Fsp3) is 0.350. The molecule has 3 rings (SSSR count). The molecule has 0 saturated heterocycles. The van der Waals surface area contributed by atoms with Crippen LogP contribution < -0.4 is 10.6 Å². The maximum atomic E-state index is 12.6. The van der Waals surface area contributed by atoms with E-state index in [-0.39, 0.29) is 24.0 Å². The van der Waals surface area contributed by atoms with Gasteiger partial charge in [0.05, 0.1) is 16.9 Å². The molecule has 0 bridgehead atoms. The molecule has 168 valence electrons. The summed E-state index contributed by atoms with van der Waals surface area (Å²) in [6.45, 7) is 3.65. The maximum absolute atomic E-state index is 12.6. The molecule has 0 atom stereocenters. The Morgan fingerprint density at radius 3 is 2.61 bits per heavy atom. The average molecular weight is 564 g/mol. The first kappa shape index (κ1) is 25.1. The van der Waals surface area contributed by atoms with Gasteiger partial charge in [0, 0.05) is 37.6 Å². The van der Waals surface area contributed by atoms with Crippen molar-refractivity contribution in [2.75, 3.05) is 19.6 Å². The van der Waals surface area contributed by atoms with E-state index in [4.69, 9.17) is 0 Å². The van der Waals surface area contributed by atoms with Crippen LogP contribution in [0.15, 0.2) is 53.1 Å². The van der Waals surface area contributed by atoms with E-state index in [2.05, 4.69) is 25.7 Å². The zero-order chi connectivity index (χ0) is 21.4. The number of hydrogen-bond acceptors (Lipinski definition) is 4. The molecule has 0 unspecified atom stereocenters. The summed E-state index contributed by atoms with van der Waals surface area (Å²) < 4.78 is 39.7. The van der Waals surface area contributed by atoms with Gasteiger partial charge in [0.25, 0.3) is 0 Å². The molecular weight excluding hydrogens is 540 g/mol. The van der Waals surface area contributed by atoms with Crippen molar-refractivity contribution in [1.29, 1.82) is 0 Å². The molecule has 0 fully saturated rings.